The lowest BCUT2D eigenvalue weighted by molar-refractivity contribution is -0.125. The summed E-state index contributed by atoms with van der Waals surface area (Å²) in [5, 5.41) is 31.4. The van der Waals surface area contributed by atoms with E-state index < -0.39 is 35.1 Å². The zero-order valence-electron chi connectivity index (χ0n) is 38.6. The number of amides is 2. The minimum absolute atomic E-state index is 0.121. The second kappa shape index (κ2) is 17.7. The minimum Gasteiger partial charge on any atom is -0.478 e. The number of benzene rings is 4. The minimum atomic E-state index is -1.03. The Morgan fingerprint density at radius 2 is 1.12 bits per heavy atom. The summed E-state index contributed by atoms with van der Waals surface area (Å²) in [5.74, 6) is 0.908. The Balaban J connectivity index is 0.000000170. The average Bonchev–Trinajstić information content (AvgIpc) is 4.08. The molecule has 3 aromatic heterocycles. The van der Waals surface area contributed by atoms with Crippen LogP contribution in [0, 0.1) is 10.8 Å². The molecule has 3 aliphatic rings. The van der Waals surface area contributed by atoms with E-state index in [-0.39, 0.29) is 29.2 Å². The van der Waals surface area contributed by atoms with Crippen LogP contribution < -0.4 is 25.6 Å². The third-order valence-electron chi connectivity index (χ3n) is 13.2. The van der Waals surface area contributed by atoms with E-state index in [0.29, 0.717) is 33.2 Å². The number of hydrogen-bond donors (Lipinski definition) is 3. The summed E-state index contributed by atoms with van der Waals surface area (Å²) in [7, 11) is -0.497. The molecule has 6 heterocycles. The van der Waals surface area contributed by atoms with Gasteiger partial charge in [-0.2, -0.15) is 0 Å². The quantitative estimate of drug-likeness (QED) is 0.116. The molecular weight excluding hydrogens is 902 g/mol. The number of aromatic carboxylic acids is 1. The number of carbonyl (C=O) groups is 3. The molecule has 3 aliphatic heterocycles. The van der Waals surface area contributed by atoms with Crippen LogP contribution >= 0.6 is 22.7 Å². The number of para-hydroxylation sites is 2. The maximum atomic E-state index is 13.4. The predicted octanol–water partition coefficient (Wildman–Crippen LogP) is 9.94. The molecule has 0 bridgehead atoms. The molecule has 18 heteroatoms. The van der Waals surface area contributed by atoms with E-state index in [9.17, 15) is 14.4 Å². The smallest absolute Gasteiger partial charge is 0.478 e. The Bertz CT molecular complexity index is 3020. The molecule has 2 atom stereocenters. The summed E-state index contributed by atoms with van der Waals surface area (Å²) in [4.78, 5) is 42.2. The second-order valence-electron chi connectivity index (χ2n) is 18.9. The molecule has 15 nitrogen and oxygen atoms in total. The second-order valence-corrected chi connectivity index (χ2v) is 20.5. The largest absolute Gasteiger partial charge is 0.494 e. The summed E-state index contributed by atoms with van der Waals surface area (Å²) in [6, 6.07) is 30.5. The number of carboxylic acids is 1. The molecule has 1 fully saturated rings. The molecule has 0 spiro atoms. The number of pyridine rings is 1. The fourth-order valence-corrected chi connectivity index (χ4v) is 9.58. The van der Waals surface area contributed by atoms with Crippen molar-refractivity contribution < 1.29 is 38.3 Å². The molecule has 346 valence electrons. The molecule has 0 radical (unpaired) electrons. The number of fused-ring (bicyclic) bond motifs is 4. The maximum absolute atomic E-state index is 13.4. The monoisotopic (exact) mass is 949 g/mol. The van der Waals surface area contributed by atoms with Gasteiger partial charge in [0.1, 0.15) is 34.0 Å². The summed E-state index contributed by atoms with van der Waals surface area (Å²) in [6.45, 7) is 15.8. The normalized spacial score (nSPS) is 17.4. The van der Waals surface area contributed by atoms with E-state index >= 15 is 0 Å². The van der Waals surface area contributed by atoms with Gasteiger partial charge in [0.2, 0.25) is 22.1 Å². The lowest BCUT2D eigenvalue weighted by atomic mass is 9.68. The van der Waals surface area contributed by atoms with Crippen molar-refractivity contribution in [2.75, 3.05) is 10.6 Å². The highest BCUT2D eigenvalue weighted by Gasteiger charge is 2.52. The SMILES string of the molecule is CC(C)(C(=O)Nc1nncs1)C1c2ccccc2Oc2cc(-c3ccc(C(=O)O)cn3)ccc21.CC(C)(C(=O)Nc1nncs1)C1c2ccccc2Oc2cc(B3OC(C)(C)C(C)(C)O3)ccc21. The first-order chi connectivity index (χ1) is 32.3. The Morgan fingerprint density at radius 1 is 0.632 bits per heavy atom. The van der Waals surface area contributed by atoms with Crippen molar-refractivity contribution in [1.29, 1.82) is 0 Å². The van der Waals surface area contributed by atoms with Crippen molar-refractivity contribution in [3.63, 3.8) is 0 Å². The first-order valence-electron chi connectivity index (χ1n) is 21.9. The third-order valence-corrected chi connectivity index (χ3v) is 14.4. The van der Waals surface area contributed by atoms with Crippen LogP contribution in [-0.4, -0.2) is 66.6 Å². The number of hydrogen-bond acceptors (Lipinski definition) is 14. The molecule has 68 heavy (non-hydrogen) atoms. The van der Waals surface area contributed by atoms with Crippen molar-refractivity contribution in [1.82, 2.24) is 25.4 Å². The highest BCUT2D eigenvalue weighted by atomic mass is 32.1. The predicted molar refractivity (Wildman–Crippen MR) is 260 cm³/mol. The van der Waals surface area contributed by atoms with Crippen LogP contribution in [-0.2, 0) is 18.9 Å². The van der Waals surface area contributed by atoms with E-state index in [2.05, 4.69) is 36.0 Å². The molecular formula is C50H48BN7O8S2. The highest BCUT2D eigenvalue weighted by molar-refractivity contribution is 7.13. The van der Waals surface area contributed by atoms with Gasteiger partial charge in [-0.25, -0.2) is 4.79 Å². The van der Waals surface area contributed by atoms with Gasteiger partial charge in [-0.3, -0.25) is 14.6 Å². The van der Waals surface area contributed by atoms with E-state index in [4.69, 9.17) is 23.9 Å². The van der Waals surface area contributed by atoms with Crippen LogP contribution in [0.2, 0.25) is 0 Å². The molecule has 7 aromatic rings. The van der Waals surface area contributed by atoms with Crippen molar-refractivity contribution in [3.8, 4) is 34.3 Å². The summed E-state index contributed by atoms with van der Waals surface area (Å²) >= 11 is 2.56. The molecule has 10 rings (SSSR count). The summed E-state index contributed by atoms with van der Waals surface area (Å²) in [6.07, 6.45) is 1.33. The Morgan fingerprint density at radius 3 is 1.59 bits per heavy atom. The fraction of sp³-hybridized carbons (Fsp3) is 0.280. The van der Waals surface area contributed by atoms with Gasteiger partial charge in [-0.1, -0.05) is 111 Å². The summed E-state index contributed by atoms with van der Waals surface area (Å²) < 4.78 is 25.1. The average molecular weight is 950 g/mol. The van der Waals surface area contributed by atoms with E-state index in [1.54, 1.807) is 17.1 Å². The number of carboxylic acid groups (broad SMARTS) is 1. The van der Waals surface area contributed by atoms with Gasteiger partial charge >= 0.3 is 13.1 Å². The van der Waals surface area contributed by atoms with Crippen molar-refractivity contribution in [3.05, 3.63) is 142 Å². The maximum Gasteiger partial charge on any atom is 0.494 e. The molecule has 0 saturated carbocycles. The third kappa shape index (κ3) is 8.64. The van der Waals surface area contributed by atoms with Crippen LogP contribution in [0.4, 0.5) is 10.3 Å². The van der Waals surface area contributed by atoms with Crippen LogP contribution in [0.1, 0.15) is 99.8 Å². The standard InChI is InChI=1S/C25H28BN3O4S.C25H20N4O4S/c1-23(2,21(30)28-22-29-27-14-34-22)20-16-9-7-8-10-18(16)31-19-13-15(11-12-17(19)20)26-32-24(3,4)25(5,6)33-26;1-25(2,23(32)28-24-29-27-13-34-24)21-16-5-3-4-6-19(16)33-20-11-14(7-9-17(20)21)18-10-8-15(12-26-18)22(30)31/h7-14,20H,1-6H3,(H,28,29,30);3-13,21H,1-2H3,(H,30,31)(H,28,29,32). The number of anilines is 2. The number of nitrogens with zero attached hydrogens (tertiary/aromatic N) is 5. The molecule has 2 amide bonds. The Hall–Kier alpha value is -6.86. The number of ether oxygens (including phenoxy) is 2. The van der Waals surface area contributed by atoms with Gasteiger partial charge in [-0.15, -0.1) is 20.4 Å². The highest BCUT2D eigenvalue weighted by Crippen LogP contribution is 2.54. The fourth-order valence-electron chi connectivity index (χ4n) is 8.70. The van der Waals surface area contributed by atoms with Gasteiger partial charge < -0.3 is 34.5 Å². The van der Waals surface area contributed by atoms with Crippen molar-refractivity contribution in [2.24, 2.45) is 10.8 Å². The van der Waals surface area contributed by atoms with Gasteiger partial charge in [0.05, 0.1) is 33.3 Å². The first kappa shape index (κ1) is 46.3. The lowest BCUT2D eigenvalue weighted by Gasteiger charge is -2.38. The van der Waals surface area contributed by atoms with Gasteiger partial charge in [-0.05, 0) is 69.6 Å². The number of nitrogens with one attached hydrogen (secondary N) is 2. The van der Waals surface area contributed by atoms with Crippen LogP contribution in [0.3, 0.4) is 0 Å². The van der Waals surface area contributed by atoms with E-state index in [0.717, 1.165) is 39.0 Å². The molecule has 0 aliphatic carbocycles. The van der Waals surface area contributed by atoms with Gasteiger partial charge in [0.25, 0.3) is 0 Å². The van der Waals surface area contributed by atoms with E-state index in [1.165, 1.54) is 34.9 Å². The Labute approximate surface area is 401 Å². The molecule has 1 saturated heterocycles. The topological polar surface area (TPSA) is 197 Å². The lowest BCUT2D eigenvalue weighted by Crippen LogP contribution is -2.41. The van der Waals surface area contributed by atoms with Crippen molar-refractivity contribution >= 4 is 63.3 Å². The van der Waals surface area contributed by atoms with Crippen LogP contribution in [0.5, 0.6) is 23.0 Å². The molecule has 4 aromatic carbocycles. The first-order valence-corrected chi connectivity index (χ1v) is 23.6. The zero-order chi connectivity index (χ0) is 48.2. The number of rotatable bonds is 9. The molecule has 2 unspecified atom stereocenters. The zero-order valence-corrected chi connectivity index (χ0v) is 40.2. The van der Waals surface area contributed by atoms with Crippen LogP contribution in [0.25, 0.3) is 11.3 Å². The number of carbonyl (C=O) groups excluding carboxylic acids is 2. The van der Waals surface area contributed by atoms with E-state index in [1.807, 2.05) is 140 Å². The molecule has 3 N–H and O–H groups in total. The van der Waals surface area contributed by atoms with Gasteiger partial charge in [0.15, 0.2) is 0 Å². The van der Waals surface area contributed by atoms with Crippen LogP contribution in [0.15, 0.2) is 114 Å². The van der Waals surface area contributed by atoms with Gasteiger partial charge in [0, 0.05) is 45.8 Å². The number of aromatic nitrogens is 5. The van der Waals surface area contributed by atoms with Crippen molar-refractivity contribution in [2.45, 2.75) is 78.4 Å². The summed E-state index contributed by atoms with van der Waals surface area (Å²) in [5.41, 5.74) is 6.77. The Kier molecular flexibility index (Phi) is 12.0.